The number of methoxy groups -OCH3 is 1. The normalized spacial score (nSPS) is 27.1. The van der Waals surface area contributed by atoms with Crippen LogP contribution in [0.5, 0.6) is 5.75 Å². The van der Waals surface area contributed by atoms with Crippen molar-refractivity contribution in [3.8, 4) is 5.75 Å². The van der Waals surface area contributed by atoms with Crippen molar-refractivity contribution >= 4 is 11.9 Å². The Hall–Kier alpha value is -1.61. The summed E-state index contributed by atoms with van der Waals surface area (Å²) in [7, 11) is 1.61. The zero-order valence-corrected chi connectivity index (χ0v) is 10.3. The van der Waals surface area contributed by atoms with Crippen molar-refractivity contribution in [3.63, 3.8) is 0 Å². The number of benzene rings is 1. The second-order valence-corrected chi connectivity index (χ2v) is 4.31. The highest BCUT2D eigenvalue weighted by atomic mass is 16.6. The molecule has 90 valence electrons. The van der Waals surface area contributed by atoms with E-state index >= 15 is 0 Å². The molecule has 0 aliphatic carbocycles. The lowest BCUT2D eigenvalue weighted by molar-refractivity contribution is -0.118. The molecule has 0 saturated carbocycles. The number of rotatable bonds is 4. The second-order valence-electron chi connectivity index (χ2n) is 4.31. The lowest BCUT2D eigenvalue weighted by Crippen LogP contribution is -2.20. The molecule has 1 aliphatic rings. The summed E-state index contributed by atoms with van der Waals surface area (Å²) in [6, 6.07) is 7.57. The number of carbonyl (C=O) groups is 1. The van der Waals surface area contributed by atoms with E-state index in [1.807, 2.05) is 38.1 Å². The summed E-state index contributed by atoms with van der Waals surface area (Å²) in [4.78, 5) is 11.9. The molecule has 1 aromatic rings. The lowest BCUT2D eigenvalue weighted by atomic mass is 10.0. The van der Waals surface area contributed by atoms with Crippen LogP contribution in [0, 0.1) is 0 Å². The van der Waals surface area contributed by atoms with Gasteiger partial charge in [-0.1, -0.05) is 18.2 Å². The van der Waals surface area contributed by atoms with Crippen molar-refractivity contribution in [2.75, 3.05) is 7.11 Å². The summed E-state index contributed by atoms with van der Waals surface area (Å²) >= 11 is 0. The first-order valence-electron chi connectivity index (χ1n) is 5.61. The van der Waals surface area contributed by atoms with E-state index in [0.29, 0.717) is 0 Å². The molecular weight excluding hydrogens is 216 g/mol. The predicted octanol–water partition coefficient (Wildman–Crippen LogP) is 2.45. The Kier molecular flexibility index (Phi) is 3.03. The van der Waals surface area contributed by atoms with Gasteiger partial charge in [0.2, 0.25) is 0 Å². The Labute approximate surface area is 101 Å². The molecule has 1 saturated heterocycles. The fourth-order valence-corrected chi connectivity index (χ4v) is 1.73. The van der Waals surface area contributed by atoms with Crippen LogP contribution in [0.15, 0.2) is 30.3 Å². The fourth-order valence-electron chi connectivity index (χ4n) is 1.73. The number of epoxide rings is 1. The van der Waals surface area contributed by atoms with Gasteiger partial charge in [0.1, 0.15) is 5.75 Å². The maximum Gasteiger partial charge on any atom is 0.189 e. The van der Waals surface area contributed by atoms with Crippen LogP contribution in [0.1, 0.15) is 19.4 Å². The molecule has 0 spiro atoms. The molecule has 3 heteroatoms. The van der Waals surface area contributed by atoms with Crippen molar-refractivity contribution in [1.82, 2.24) is 0 Å². The van der Waals surface area contributed by atoms with Crippen LogP contribution in [-0.4, -0.2) is 24.6 Å². The van der Waals surface area contributed by atoms with Gasteiger partial charge in [-0.15, -0.1) is 0 Å². The molecule has 0 amide bonds. The van der Waals surface area contributed by atoms with Gasteiger partial charge < -0.3 is 9.47 Å². The largest absolute Gasteiger partial charge is 0.496 e. The van der Waals surface area contributed by atoms with Crippen molar-refractivity contribution in [3.05, 3.63) is 35.9 Å². The molecule has 0 radical (unpaired) electrons. The first kappa shape index (κ1) is 11.9. The topological polar surface area (TPSA) is 38.8 Å². The van der Waals surface area contributed by atoms with Gasteiger partial charge >= 0.3 is 0 Å². The Morgan fingerprint density at radius 2 is 2.12 bits per heavy atom. The first-order chi connectivity index (χ1) is 8.08. The van der Waals surface area contributed by atoms with Crippen LogP contribution in [0.3, 0.4) is 0 Å². The third-order valence-electron chi connectivity index (χ3n) is 3.18. The molecule has 1 aromatic carbocycles. The van der Waals surface area contributed by atoms with Gasteiger partial charge in [0.05, 0.1) is 13.2 Å². The van der Waals surface area contributed by atoms with Gasteiger partial charge in [0.15, 0.2) is 11.4 Å². The van der Waals surface area contributed by atoms with Crippen molar-refractivity contribution in [2.24, 2.45) is 0 Å². The number of ether oxygens (including phenoxy) is 2. The van der Waals surface area contributed by atoms with Crippen LogP contribution in [0.2, 0.25) is 0 Å². The van der Waals surface area contributed by atoms with Gasteiger partial charge in [-0.05, 0) is 32.1 Å². The third-order valence-corrected chi connectivity index (χ3v) is 3.18. The third kappa shape index (κ3) is 2.24. The highest BCUT2D eigenvalue weighted by Gasteiger charge is 2.54. The summed E-state index contributed by atoms with van der Waals surface area (Å²) in [6.07, 6.45) is 3.33. The minimum absolute atomic E-state index is 0.00379. The molecule has 1 fully saturated rings. The summed E-state index contributed by atoms with van der Waals surface area (Å²) < 4.78 is 10.5. The number of hydrogen-bond acceptors (Lipinski definition) is 3. The quantitative estimate of drug-likeness (QED) is 0.591. The maximum atomic E-state index is 11.9. The molecule has 2 rings (SSSR count). The van der Waals surface area contributed by atoms with E-state index in [2.05, 4.69) is 0 Å². The number of ketones is 1. The van der Waals surface area contributed by atoms with E-state index in [4.69, 9.17) is 9.47 Å². The van der Waals surface area contributed by atoms with Crippen molar-refractivity contribution in [2.45, 2.75) is 25.6 Å². The zero-order chi connectivity index (χ0) is 12.5. The smallest absolute Gasteiger partial charge is 0.189 e. The van der Waals surface area contributed by atoms with E-state index in [-0.39, 0.29) is 11.9 Å². The lowest BCUT2D eigenvalue weighted by Gasteiger charge is -2.03. The van der Waals surface area contributed by atoms with Crippen LogP contribution >= 0.6 is 0 Å². The molecule has 0 aromatic heterocycles. The second kappa shape index (κ2) is 4.34. The van der Waals surface area contributed by atoms with Gasteiger partial charge in [-0.25, -0.2) is 0 Å². The van der Waals surface area contributed by atoms with E-state index in [9.17, 15) is 4.79 Å². The maximum absolute atomic E-state index is 11.9. The van der Waals surface area contributed by atoms with Crippen molar-refractivity contribution < 1.29 is 14.3 Å². The summed E-state index contributed by atoms with van der Waals surface area (Å²) in [5, 5.41) is 0. The average molecular weight is 232 g/mol. The summed E-state index contributed by atoms with van der Waals surface area (Å²) in [5.74, 6) is 0.752. The van der Waals surface area contributed by atoms with E-state index in [0.717, 1.165) is 11.3 Å². The van der Waals surface area contributed by atoms with Crippen molar-refractivity contribution in [1.29, 1.82) is 0 Å². The summed E-state index contributed by atoms with van der Waals surface area (Å²) in [6.45, 7) is 3.71. The van der Waals surface area contributed by atoms with Crippen LogP contribution in [0.25, 0.3) is 6.08 Å². The minimum Gasteiger partial charge on any atom is -0.496 e. The van der Waals surface area contributed by atoms with E-state index in [1.54, 1.807) is 19.3 Å². The van der Waals surface area contributed by atoms with Gasteiger partial charge in [-0.3, -0.25) is 4.79 Å². The number of carbonyl (C=O) groups excluding carboxylic acids is 1. The Balaban J connectivity index is 2.13. The highest BCUT2D eigenvalue weighted by molar-refractivity contribution is 6.02. The summed E-state index contributed by atoms with van der Waals surface area (Å²) in [5.41, 5.74) is 0.263. The van der Waals surface area contributed by atoms with Gasteiger partial charge in [-0.2, -0.15) is 0 Å². The monoisotopic (exact) mass is 232 g/mol. The van der Waals surface area contributed by atoms with Crippen LogP contribution in [-0.2, 0) is 9.53 Å². The molecule has 0 bridgehead atoms. The predicted molar refractivity (Wildman–Crippen MR) is 66.0 cm³/mol. The zero-order valence-electron chi connectivity index (χ0n) is 10.3. The first-order valence-corrected chi connectivity index (χ1v) is 5.61. The molecular formula is C14H16O3. The minimum atomic E-state index is -0.626. The number of hydrogen-bond donors (Lipinski definition) is 0. The molecule has 17 heavy (non-hydrogen) atoms. The Morgan fingerprint density at radius 3 is 2.71 bits per heavy atom. The van der Waals surface area contributed by atoms with Gasteiger partial charge in [0, 0.05) is 5.56 Å². The highest BCUT2D eigenvalue weighted by Crippen LogP contribution is 2.36. The molecule has 0 N–H and O–H groups in total. The van der Waals surface area contributed by atoms with Crippen LogP contribution in [0.4, 0.5) is 0 Å². The molecule has 1 heterocycles. The van der Waals surface area contributed by atoms with E-state index in [1.165, 1.54) is 0 Å². The molecule has 2 atom stereocenters. The van der Waals surface area contributed by atoms with E-state index < -0.39 is 5.60 Å². The number of para-hydroxylation sites is 1. The molecule has 3 nitrogen and oxygen atoms in total. The Morgan fingerprint density at radius 1 is 1.47 bits per heavy atom. The fraction of sp³-hybridized carbons (Fsp3) is 0.357. The standard InChI is InChI=1S/C14H16O3/c1-10-14(2,17-10)13(15)9-8-11-6-4-5-7-12(11)16-3/h4-10H,1-3H3. The van der Waals surface area contributed by atoms with Crippen LogP contribution < -0.4 is 4.74 Å². The Bertz CT molecular complexity index is 464. The van der Waals surface area contributed by atoms with Gasteiger partial charge in [0.25, 0.3) is 0 Å². The average Bonchev–Trinajstić information content (AvgIpc) is 2.96. The molecule has 2 unspecified atom stereocenters. The SMILES string of the molecule is COc1ccccc1C=CC(=O)C1(C)OC1C. The molecule has 1 aliphatic heterocycles.